The van der Waals surface area contributed by atoms with Crippen molar-refractivity contribution >= 4 is 37.0 Å². The van der Waals surface area contributed by atoms with Gasteiger partial charge in [-0.3, -0.25) is 18.7 Å². The molecule has 0 saturated carbocycles. The van der Waals surface area contributed by atoms with E-state index in [1.54, 1.807) is 0 Å². The predicted molar refractivity (Wildman–Crippen MR) is 194 cm³/mol. The number of aromatic nitrogens is 2. The van der Waals surface area contributed by atoms with E-state index in [4.69, 9.17) is 15.0 Å². The molecule has 1 aliphatic heterocycles. The first-order valence-electron chi connectivity index (χ1n) is 16.4. The Bertz CT molecular complexity index is 1360. The minimum absolute atomic E-state index is 0.0358. The number of nitrogens with two attached hydrogens (primary N) is 1. The van der Waals surface area contributed by atoms with E-state index in [1.807, 2.05) is 0 Å². The first-order valence-corrected chi connectivity index (χ1v) is 19.3. The number of hydrogen-bond acceptors (Lipinski definition) is 10. The molecule has 4 N–H and O–H groups in total. The van der Waals surface area contributed by atoms with Gasteiger partial charge in [-0.25, -0.2) is 9.88 Å². The Balaban J connectivity index is 1.62. The van der Waals surface area contributed by atoms with Gasteiger partial charge in [0, 0.05) is 31.1 Å². The molecule has 3 atom stereocenters. The van der Waals surface area contributed by atoms with Crippen molar-refractivity contribution in [3.05, 3.63) is 83.5 Å². The molecule has 1 aromatic heterocycles. The fourth-order valence-electron chi connectivity index (χ4n) is 4.30. The van der Waals surface area contributed by atoms with E-state index in [-0.39, 0.29) is 31.0 Å². The van der Waals surface area contributed by atoms with Gasteiger partial charge in [0.15, 0.2) is 0 Å². The van der Waals surface area contributed by atoms with Crippen molar-refractivity contribution in [1.82, 2.24) is 20.0 Å². The highest BCUT2D eigenvalue weighted by Gasteiger charge is 2.32. The summed E-state index contributed by atoms with van der Waals surface area (Å²) in [7, 11) is -2.24. The molecule has 2 rings (SSSR count). The van der Waals surface area contributed by atoms with Gasteiger partial charge in [-0.2, -0.15) is 4.98 Å². The molecule has 2 heterocycles. The van der Waals surface area contributed by atoms with Crippen molar-refractivity contribution in [2.75, 3.05) is 44.5 Å². The van der Waals surface area contributed by atoms with Crippen molar-refractivity contribution < 1.29 is 28.2 Å². The number of thioether (sulfide) groups is 1. The summed E-state index contributed by atoms with van der Waals surface area (Å²) in [6, 6.07) is 1.51. The number of methoxy groups -OCH3 is 1. The Hall–Kier alpha value is -3.22. The number of carbonyl (C=O) groups is 2. The number of ether oxygens (including phenoxy) is 2. The van der Waals surface area contributed by atoms with Crippen LogP contribution in [-0.2, 0) is 28.2 Å². The Kier molecular flexibility index (Phi) is 21.2. The van der Waals surface area contributed by atoms with Crippen LogP contribution >= 0.6 is 19.3 Å². The Morgan fingerprint density at radius 3 is 2.33 bits per heavy atom. The molecule has 0 bridgehead atoms. The topological polar surface area (TPSA) is 164 Å². The largest absolute Gasteiger partial charge is 0.468 e. The molecule has 1 saturated heterocycles. The van der Waals surface area contributed by atoms with Crippen LogP contribution in [0.4, 0.5) is 5.82 Å². The van der Waals surface area contributed by atoms with Gasteiger partial charge >= 0.3 is 11.7 Å². The zero-order valence-electron chi connectivity index (χ0n) is 28.2. The highest BCUT2D eigenvalue weighted by Crippen LogP contribution is 2.44. The Morgan fingerprint density at radius 2 is 1.71 bits per heavy atom. The van der Waals surface area contributed by atoms with Crippen LogP contribution in [0.25, 0.3) is 0 Å². The second-order valence-corrected chi connectivity index (χ2v) is 14.4. The average Bonchev–Trinajstić information content (AvgIpc) is 3.55. The number of unbranched alkanes of at least 4 members (excludes halogenated alkanes) is 1. The van der Waals surface area contributed by atoms with Crippen LogP contribution in [-0.4, -0.2) is 65.6 Å². The molecule has 0 spiro atoms. The lowest BCUT2D eigenvalue weighted by molar-refractivity contribution is -0.139. The summed E-state index contributed by atoms with van der Waals surface area (Å²) in [5.41, 5.74) is 4.54. The van der Waals surface area contributed by atoms with Gasteiger partial charge in [0.2, 0.25) is 5.91 Å². The van der Waals surface area contributed by atoms with Gasteiger partial charge in [-0.1, -0.05) is 67.7 Å². The lowest BCUT2D eigenvalue weighted by Gasteiger charge is -2.21. The second kappa shape index (κ2) is 24.9. The van der Waals surface area contributed by atoms with Crippen LogP contribution in [0.5, 0.6) is 0 Å². The SMILES string of the molecule is CC/C=C\C/C=C\C/C=C\C/C=C\C/C=C\CCCC(=O)NCCCP(=O)(NCC(=O)OC)OC[C@@H]1OC(n2ccc(N)nc2=O)CS1. The molecular formula is C34H52N5O7PS. The molecule has 266 valence electrons. The fraction of sp³-hybridized carbons (Fsp3) is 0.529. The molecule has 14 heteroatoms. The molecule has 1 amide bonds. The standard InChI is InChI=1S/C34H52N5O7PS/c1-3-4-5-6-7-8-9-10-11-12-13-14-15-16-17-18-19-21-30(40)36-23-20-25-47(43,37-26-32(41)44-2)45-27-33-46-31(28-48-33)39-24-22-29(35)38-34(39)42/h4-5,7-8,10-11,13-14,16-17,22,24,31,33H,3,6,9,12,15,18-21,23,25-28H2,1-2H3,(H,36,40)(H,37,43)(H2,35,38,42)/b5-4-,8-7-,11-10-,14-13-,17-16-/t31?,33-,47?/m1/s1. The minimum atomic E-state index is -3.48. The molecule has 1 fully saturated rings. The van der Waals surface area contributed by atoms with E-state index in [0.29, 0.717) is 25.1 Å². The second-order valence-electron chi connectivity index (χ2n) is 10.8. The molecule has 1 aromatic rings. The van der Waals surface area contributed by atoms with Gasteiger partial charge in [0.1, 0.15) is 24.0 Å². The van der Waals surface area contributed by atoms with Crippen molar-refractivity contribution in [3.63, 3.8) is 0 Å². The molecule has 2 unspecified atom stereocenters. The Morgan fingerprint density at radius 1 is 1.06 bits per heavy atom. The summed E-state index contributed by atoms with van der Waals surface area (Å²) < 4.78 is 31.1. The number of nitrogen functional groups attached to an aromatic ring is 1. The number of hydrogen-bond donors (Lipinski definition) is 3. The van der Waals surface area contributed by atoms with E-state index in [9.17, 15) is 18.9 Å². The quantitative estimate of drug-likeness (QED) is 0.0514. The monoisotopic (exact) mass is 705 g/mol. The number of amides is 1. The molecule has 48 heavy (non-hydrogen) atoms. The third-order valence-corrected chi connectivity index (χ3v) is 10.1. The van der Waals surface area contributed by atoms with E-state index < -0.39 is 30.8 Å². The van der Waals surface area contributed by atoms with Crippen LogP contribution in [0.15, 0.2) is 77.8 Å². The third kappa shape index (κ3) is 18.4. The van der Waals surface area contributed by atoms with Crippen LogP contribution in [0.1, 0.15) is 70.9 Å². The van der Waals surface area contributed by atoms with Crippen molar-refractivity contribution in [2.45, 2.75) is 76.4 Å². The summed E-state index contributed by atoms with van der Waals surface area (Å²) in [6.07, 6.45) is 29.7. The summed E-state index contributed by atoms with van der Waals surface area (Å²) in [5, 5.41) is 5.54. The van der Waals surface area contributed by atoms with Crippen molar-refractivity contribution in [3.8, 4) is 0 Å². The number of nitrogens with one attached hydrogen (secondary N) is 2. The summed E-state index contributed by atoms with van der Waals surface area (Å²) in [6.45, 7) is 2.13. The fourth-order valence-corrected chi connectivity index (χ4v) is 7.09. The maximum absolute atomic E-state index is 13.5. The van der Waals surface area contributed by atoms with Crippen LogP contribution < -0.4 is 21.8 Å². The van der Waals surface area contributed by atoms with Gasteiger partial charge < -0.3 is 25.0 Å². The molecule has 0 aromatic carbocycles. The first kappa shape index (κ1) is 41.0. The summed E-state index contributed by atoms with van der Waals surface area (Å²) >= 11 is 1.40. The van der Waals surface area contributed by atoms with Gasteiger partial charge in [-0.05, 0) is 57.4 Å². The van der Waals surface area contributed by atoms with Crippen molar-refractivity contribution in [1.29, 1.82) is 0 Å². The predicted octanol–water partition coefficient (Wildman–Crippen LogP) is 5.81. The molecule has 0 aliphatic carbocycles. The third-order valence-electron chi connectivity index (χ3n) is 6.89. The number of nitrogens with zero attached hydrogens (tertiary/aromatic N) is 2. The molecule has 0 radical (unpaired) electrons. The van der Waals surface area contributed by atoms with E-state index in [0.717, 1.165) is 44.9 Å². The maximum atomic E-state index is 13.5. The lowest BCUT2D eigenvalue weighted by Crippen LogP contribution is -2.29. The summed E-state index contributed by atoms with van der Waals surface area (Å²) in [5.74, 6) is -0.0693. The average molecular weight is 706 g/mol. The number of allylic oxidation sites excluding steroid dienone is 10. The number of carbonyl (C=O) groups excluding carboxylic acids is 2. The molecule has 12 nitrogen and oxygen atoms in total. The van der Waals surface area contributed by atoms with Gasteiger partial charge in [0.25, 0.3) is 7.52 Å². The zero-order chi connectivity index (χ0) is 34.9. The molecule has 1 aliphatic rings. The van der Waals surface area contributed by atoms with Gasteiger partial charge in [-0.15, -0.1) is 11.8 Å². The first-order chi connectivity index (χ1) is 23.3. The lowest BCUT2D eigenvalue weighted by atomic mass is 10.2. The van der Waals surface area contributed by atoms with Crippen molar-refractivity contribution in [2.24, 2.45) is 0 Å². The van der Waals surface area contributed by atoms with E-state index in [1.165, 1.54) is 35.7 Å². The highest BCUT2D eigenvalue weighted by atomic mass is 32.2. The van der Waals surface area contributed by atoms with Crippen LogP contribution in [0.2, 0.25) is 0 Å². The van der Waals surface area contributed by atoms with E-state index >= 15 is 0 Å². The normalized spacial score (nSPS) is 18.1. The number of anilines is 1. The number of rotatable bonds is 24. The molecular weight excluding hydrogens is 653 g/mol. The van der Waals surface area contributed by atoms with Crippen LogP contribution in [0, 0.1) is 0 Å². The highest BCUT2D eigenvalue weighted by molar-refractivity contribution is 8.00. The van der Waals surface area contributed by atoms with E-state index in [2.05, 4.69) is 87.8 Å². The van der Waals surface area contributed by atoms with Crippen LogP contribution in [0.3, 0.4) is 0 Å². The summed E-state index contributed by atoms with van der Waals surface area (Å²) in [4.78, 5) is 39.8. The minimum Gasteiger partial charge on any atom is -0.468 e. The Labute approximate surface area is 288 Å². The number of esters is 1. The maximum Gasteiger partial charge on any atom is 0.351 e. The zero-order valence-corrected chi connectivity index (χ0v) is 29.9. The van der Waals surface area contributed by atoms with Gasteiger partial charge in [0.05, 0.1) is 13.7 Å². The smallest absolute Gasteiger partial charge is 0.351 e.